The molecule has 0 radical (unpaired) electrons. The molecule has 114 valence electrons. The van der Waals surface area contributed by atoms with Crippen molar-refractivity contribution in [3.63, 3.8) is 0 Å². The number of unbranched alkanes of at least 4 members (excludes halogenated alkanes) is 1. The summed E-state index contributed by atoms with van der Waals surface area (Å²) < 4.78 is 10.7. The van der Waals surface area contributed by atoms with Gasteiger partial charge in [0.05, 0.1) is 6.61 Å². The number of hydrogen-bond acceptors (Lipinski definition) is 6. The number of nitrogens with zero attached hydrogens (tertiary/aromatic N) is 2. The van der Waals surface area contributed by atoms with E-state index in [2.05, 4.69) is 36.1 Å². The van der Waals surface area contributed by atoms with Gasteiger partial charge in [0, 0.05) is 13.7 Å². The van der Waals surface area contributed by atoms with E-state index in [1.54, 1.807) is 7.11 Å². The molecule has 1 rings (SSSR count). The minimum Gasteiger partial charge on any atom is -0.476 e. The summed E-state index contributed by atoms with van der Waals surface area (Å²) in [4.78, 5) is 8.67. The number of nitrogen functional groups attached to an aromatic ring is 1. The monoisotopic (exact) mass is 282 g/mol. The van der Waals surface area contributed by atoms with E-state index in [1.807, 2.05) is 0 Å². The summed E-state index contributed by atoms with van der Waals surface area (Å²) in [6.07, 6.45) is 2.17. The Morgan fingerprint density at radius 2 is 2.05 bits per heavy atom. The molecule has 0 atom stereocenters. The molecule has 1 aromatic rings. The van der Waals surface area contributed by atoms with E-state index in [0.29, 0.717) is 42.3 Å². The highest BCUT2D eigenvalue weighted by Gasteiger charge is 2.13. The first-order valence-electron chi connectivity index (χ1n) is 7.10. The van der Waals surface area contributed by atoms with Crippen LogP contribution in [0.1, 0.15) is 39.4 Å². The van der Waals surface area contributed by atoms with Crippen LogP contribution in [0, 0.1) is 5.92 Å². The largest absolute Gasteiger partial charge is 0.476 e. The van der Waals surface area contributed by atoms with Crippen LogP contribution in [0.5, 0.6) is 5.88 Å². The van der Waals surface area contributed by atoms with Gasteiger partial charge in [-0.15, -0.1) is 0 Å². The normalized spacial score (nSPS) is 10.8. The summed E-state index contributed by atoms with van der Waals surface area (Å²) >= 11 is 0. The van der Waals surface area contributed by atoms with Crippen molar-refractivity contribution in [2.45, 2.75) is 40.2 Å². The fourth-order valence-electron chi connectivity index (χ4n) is 1.56. The molecular weight excluding hydrogens is 256 g/mol. The number of methoxy groups -OCH3 is 1. The first-order chi connectivity index (χ1) is 9.58. The highest BCUT2D eigenvalue weighted by molar-refractivity contribution is 5.66. The van der Waals surface area contributed by atoms with Crippen LogP contribution in [-0.2, 0) is 11.3 Å². The first-order valence-corrected chi connectivity index (χ1v) is 7.10. The van der Waals surface area contributed by atoms with Crippen molar-refractivity contribution in [3.8, 4) is 5.88 Å². The molecule has 20 heavy (non-hydrogen) atoms. The number of nitrogens with one attached hydrogen (secondary N) is 1. The number of rotatable bonds is 9. The smallest absolute Gasteiger partial charge is 0.242 e. The summed E-state index contributed by atoms with van der Waals surface area (Å²) in [7, 11) is 1.61. The van der Waals surface area contributed by atoms with E-state index >= 15 is 0 Å². The Kier molecular flexibility index (Phi) is 7.08. The second kappa shape index (κ2) is 8.58. The Morgan fingerprint density at radius 1 is 1.30 bits per heavy atom. The van der Waals surface area contributed by atoms with Gasteiger partial charge < -0.3 is 20.5 Å². The number of nitrogens with two attached hydrogens (primary N) is 1. The molecule has 0 aliphatic rings. The molecule has 0 saturated heterocycles. The predicted molar refractivity (Wildman–Crippen MR) is 80.9 cm³/mol. The summed E-state index contributed by atoms with van der Waals surface area (Å²) in [5.41, 5.74) is 6.52. The Balaban J connectivity index is 2.89. The Labute approximate surface area is 121 Å². The predicted octanol–water partition coefficient (Wildman–Crippen LogP) is 2.45. The summed E-state index contributed by atoms with van der Waals surface area (Å²) in [6, 6.07) is 0. The van der Waals surface area contributed by atoms with Gasteiger partial charge in [0.1, 0.15) is 12.3 Å². The van der Waals surface area contributed by atoms with Crippen LogP contribution in [0.15, 0.2) is 0 Å². The van der Waals surface area contributed by atoms with E-state index in [0.717, 1.165) is 19.4 Å². The summed E-state index contributed by atoms with van der Waals surface area (Å²) in [6.45, 7) is 8.02. The molecule has 1 heterocycles. The van der Waals surface area contributed by atoms with Crippen molar-refractivity contribution >= 4 is 11.5 Å². The third kappa shape index (κ3) is 5.21. The van der Waals surface area contributed by atoms with E-state index in [9.17, 15) is 0 Å². The first kappa shape index (κ1) is 16.5. The topological polar surface area (TPSA) is 82.3 Å². The SMILES string of the molecule is CCCCNc1nc(COC)nc(OCC(C)C)c1N. The Morgan fingerprint density at radius 3 is 2.65 bits per heavy atom. The van der Waals surface area contributed by atoms with Crippen LogP contribution < -0.4 is 15.8 Å². The molecule has 0 fully saturated rings. The zero-order chi connectivity index (χ0) is 15.0. The lowest BCUT2D eigenvalue weighted by atomic mass is 10.2. The summed E-state index contributed by atoms with van der Waals surface area (Å²) in [5.74, 6) is 2.03. The van der Waals surface area contributed by atoms with Crippen molar-refractivity contribution < 1.29 is 9.47 Å². The summed E-state index contributed by atoms with van der Waals surface area (Å²) in [5, 5.41) is 3.23. The van der Waals surface area contributed by atoms with Crippen LogP contribution in [0.2, 0.25) is 0 Å². The minimum absolute atomic E-state index is 0.334. The van der Waals surface area contributed by atoms with Crippen LogP contribution in [0.25, 0.3) is 0 Å². The van der Waals surface area contributed by atoms with Crippen molar-refractivity contribution in [2.24, 2.45) is 5.92 Å². The van der Waals surface area contributed by atoms with Gasteiger partial charge in [-0.1, -0.05) is 27.2 Å². The molecule has 0 aromatic carbocycles. The fourth-order valence-corrected chi connectivity index (χ4v) is 1.56. The van der Waals surface area contributed by atoms with Gasteiger partial charge in [-0.05, 0) is 12.3 Å². The molecule has 0 aliphatic heterocycles. The fraction of sp³-hybridized carbons (Fsp3) is 0.714. The molecule has 1 aromatic heterocycles. The van der Waals surface area contributed by atoms with E-state index in [1.165, 1.54) is 0 Å². The Hall–Kier alpha value is -1.56. The van der Waals surface area contributed by atoms with Crippen molar-refractivity contribution in [2.75, 3.05) is 31.3 Å². The number of anilines is 2. The lowest BCUT2D eigenvalue weighted by Gasteiger charge is -2.15. The lowest BCUT2D eigenvalue weighted by Crippen LogP contribution is -2.14. The molecule has 6 heteroatoms. The maximum atomic E-state index is 6.06. The second-order valence-corrected chi connectivity index (χ2v) is 5.13. The van der Waals surface area contributed by atoms with Crippen molar-refractivity contribution in [1.82, 2.24) is 9.97 Å². The van der Waals surface area contributed by atoms with Gasteiger partial charge in [0.2, 0.25) is 5.88 Å². The van der Waals surface area contributed by atoms with Gasteiger partial charge in [-0.3, -0.25) is 0 Å². The van der Waals surface area contributed by atoms with Crippen LogP contribution >= 0.6 is 0 Å². The molecule has 6 nitrogen and oxygen atoms in total. The van der Waals surface area contributed by atoms with E-state index < -0.39 is 0 Å². The molecule has 0 amide bonds. The number of aromatic nitrogens is 2. The third-order valence-electron chi connectivity index (χ3n) is 2.61. The van der Waals surface area contributed by atoms with E-state index in [-0.39, 0.29) is 0 Å². The van der Waals surface area contributed by atoms with Crippen molar-refractivity contribution in [1.29, 1.82) is 0 Å². The lowest BCUT2D eigenvalue weighted by molar-refractivity contribution is 0.176. The van der Waals surface area contributed by atoms with Crippen LogP contribution in [0.4, 0.5) is 11.5 Å². The standard InChI is InChI=1S/C14H26N4O2/c1-5-6-7-16-13-12(15)14(20-8-10(2)3)18-11(17-13)9-19-4/h10H,5-9,15H2,1-4H3,(H,16,17,18). The molecule has 0 aliphatic carbocycles. The van der Waals surface area contributed by atoms with Gasteiger partial charge in [0.15, 0.2) is 11.6 Å². The molecular formula is C14H26N4O2. The maximum Gasteiger partial charge on any atom is 0.242 e. The molecule has 0 spiro atoms. The third-order valence-corrected chi connectivity index (χ3v) is 2.61. The average Bonchev–Trinajstić information content (AvgIpc) is 2.40. The average molecular weight is 282 g/mol. The highest BCUT2D eigenvalue weighted by atomic mass is 16.5. The zero-order valence-corrected chi connectivity index (χ0v) is 12.9. The quantitative estimate of drug-likeness (QED) is 0.677. The van der Waals surface area contributed by atoms with E-state index in [4.69, 9.17) is 15.2 Å². The second-order valence-electron chi connectivity index (χ2n) is 5.13. The molecule has 0 bridgehead atoms. The number of hydrogen-bond donors (Lipinski definition) is 2. The minimum atomic E-state index is 0.334. The van der Waals surface area contributed by atoms with Crippen molar-refractivity contribution in [3.05, 3.63) is 5.82 Å². The van der Waals surface area contributed by atoms with Crippen LogP contribution in [0.3, 0.4) is 0 Å². The van der Waals surface area contributed by atoms with Gasteiger partial charge in [0.25, 0.3) is 0 Å². The zero-order valence-electron chi connectivity index (χ0n) is 12.9. The molecule has 0 saturated carbocycles. The maximum absolute atomic E-state index is 6.06. The molecule has 3 N–H and O–H groups in total. The van der Waals surface area contributed by atoms with Gasteiger partial charge in [-0.2, -0.15) is 4.98 Å². The number of ether oxygens (including phenoxy) is 2. The van der Waals surface area contributed by atoms with Gasteiger partial charge >= 0.3 is 0 Å². The Bertz CT molecular complexity index is 410. The van der Waals surface area contributed by atoms with Crippen LogP contribution in [-0.4, -0.2) is 30.2 Å². The van der Waals surface area contributed by atoms with Gasteiger partial charge in [-0.25, -0.2) is 4.98 Å². The molecule has 0 unspecified atom stereocenters. The highest BCUT2D eigenvalue weighted by Crippen LogP contribution is 2.26.